The summed E-state index contributed by atoms with van der Waals surface area (Å²) in [5, 5.41) is 11.9. The fourth-order valence-corrected chi connectivity index (χ4v) is 6.44. The van der Waals surface area contributed by atoms with E-state index in [0.717, 1.165) is 0 Å². The minimum atomic E-state index is -3.55. The molecule has 1 aromatic carbocycles. The van der Waals surface area contributed by atoms with Gasteiger partial charge in [0.2, 0.25) is 5.95 Å². The van der Waals surface area contributed by atoms with Crippen molar-refractivity contribution >= 4 is 58.9 Å². The molecule has 6 unspecified atom stereocenters. The summed E-state index contributed by atoms with van der Waals surface area (Å²) in [6.45, 7) is 0.787. The van der Waals surface area contributed by atoms with E-state index < -0.39 is 48.8 Å². The Labute approximate surface area is 233 Å². The number of anilines is 2. The van der Waals surface area contributed by atoms with Gasteiger partial charge in [-0.15, -0.1) is 11.6 Å². The Morgan fingerprint density at radius 2 is 2.03 bits per heavy atom. The number of aliphatic hydroxyl groups is 1. The second kappa shape index (κ2) is 11.5. The quantitative estimate of drug-likeness (QED) is 0.151. The van der Waals surface area contributed by atoms with E-state index in [1.54, 1.807) is 44.2 Å². The number of carbonyl (C=O) groups excluding carboxylic acids is 1. The van der Waals surface area contributed by atoms with Crippen molar-refractivity contribution in [3.8, 4) is 5.75 Å². The van der Waals surface area contributed by atoms with Crippen LogP contribution in [0, 0.1) is 0 Å². The maximum absolute atomic E-state index is 15.6. The van der Waals surface area contributed by atoms with Gasteiger partial charge in [-0.3, -0.25) is 9.36 Å². The first-order chi connectivity index (χ1) is 18.3. The lowest BCUT2D eigenvalue weighted by molar-refractivity contribution is -0.149. The minimum absolute atomic E-state index is 0.00528. The van der Waals surface area contributed by atoms with Crippen molar-refractivity contribution in [3.63, 3.8) is 0 Å². The summed E-state index contributed by atoms with van der Waals surface area (Å²) in [6, 6.07) is 7.54. The number of hydrogen-bond donors (Lipinski definition) is 4. The topological polar surface area (TPSA) is 182 Å². The average molecular weight is 604 g/mol. The molecule has 0 amide bonds. The van der Waals surface area contributed by atoms with Crippen LogP contribution in [0.5, 0.6) is 5.75 Å². The predicted molar refractivity (Wildman–Crippen MR) is 145 cm³/mol. The van der Waals surface area contributed by atoms with E-state index in [4.69, 9.17) is 53.4 Å². The molecule has 0 bridgehead atoms. The molecular formula is C22H28ClFN7O6PS. The third-order valence-corrected chi connectivity index (χ3v) is 8.58. The normalized spacial score (nSPS) is 25.5. The smallest absolute Gasteiger partial charge is 0.323 e. The fourth-order valence-electron chi connectivity index (χ4n) is 3.72. The van der Waals surface area contributed by atoms with Crippen molar-refractivity contribution in [3.05, 3.63) is 36.7 Å². The number of fused-ring (bicyclic) bond motifs is 1. The number of carbonyl (C=O) groups is 1. The van der Waals surface area contributed by atoms with Crippen molar-refractivity contribution in [1.29, 1.82) is 0 Å². The van der Waals surface area contributed by atoms with Crippen LogP contribution in [0.25, 0.3) is 11.2 Å². The van der Waals surface area contributed by atoms with Gasteiger partial charge in [-0.05, 0) is 44.7 Å². The van der Waals surface area contributed by atoms with E-state index in [1.165, 1.54) is 17.8 Å². The van der Waals surface area contributed by atoms with Crippen LogP contribution in [0.2, 0.25) is 0 Å². The molecule has 0 saturated carbocycles. The standard InChI is InChI=1S/C22H28ClFN7O6PS/c1-11(2)35-20(32)12(3)30-38(39,37-13-7-5-4-6-8-13)34-9-14-22(24,33)16(23)19(36-14)31-10-27-15-17(25)28-21(26)29-18(15)31/h4-8,10-12,14,16,19,33H,9H2,1-3H3,(H,30,39)(H4,25,26,28,29). The molecule has 0 radical (unpaired) electrons. The highest BCUT2D eigenvalue weighted by molar-refractivity contribution is 8.09. The highest BCUT2D eigenvalue weighted by Gasteiger charge is 2.58. The summed E-state index contributed by atoms with van der Waals surface area (Å²) in [7, 11) is 0. The van der Waals surface area contributed by atoms with Gasteiger partial charge in [-0.1, -0.05) is 18.2 Å². The highest BCUT2D eigenvalue weighted by Crippen LogP contribution is 2.48. The molecule has 212 valence electrons. The van der Waals surface area contributed by atoms with E-state index in [2.05, 4.69) is 20.0 Å². The van der Waals surface area contributed by atoms with Crippen LogP contribution >= 0.6 is 18.2 Å². The van der Waals surface area contributed by atoms with Gasteiger partial charge < -0.3 is 35.1 Å². The minimum Gasteiger partial charge on any atom is -0.462 e. The molecule has 6 N–H and O–H groups in total. The lowest BCUT2D eigenvalue weighted by atomic mass is 10.1. The Morgan fingerprint density at radius 3 is 2.69 bits per heavy atom. The summed E-state index contributed by atoms with van der Waals surface area (Å²) in [6.07, 6.45) is -2.01. The lowest BCUT2D eigenvalue weighted by Gasteiger charge is -2.29. The molecule has 6 atom stereocenters. The van der Waals surface area contributed by atoms with E-state index >= 15 is 4.39 Å². The number of nitrogens with zero attached hydrogens (tertiary/aromatic N) is 4. The maximum Gasteiger partial charge on any atom is 0.323 e. The third kappa shape index (κ3) is 6.40. The molecule has 1 aliphatic rings. The number of hydrogen-bond acceptors (Lipinski definition) is 12. The largest absolute Gasteiger partial charge is 0.462 e. The van der Waals surface area contributed by atoms with Crippen LogP contribution in [0.4, 0.5) is 16.2 Å². The number of alkyl halides is 2. The number of esters is 1. The monoisotopic (exact) mass is 603 g/mol. The summed E-state index contributed by atoms with van der Waals surface area (Å²) in [5.74, 6) is -3.47. The third-order valence-electron chi connectivity index (χ3n) is 5.55. The van der Waals surface area contributed by atoms with Gasteiger partial charge in [0, 0.05) is 0 Å². The number of nitrogen functional groups attached to an aromatic ring is 2. The molecule has 1 aliphatic heterocycles. The van der Waals surface area contributed by atoms with Crippen molar-refractivity contribution in [2.24, 2.45) is 0 Å². The van der Waals surface area contributed by atoms with Crippen LogP contribution in [-0.4, -0.2) is 66.7 Å². The SMILES string of the molecule is CC(C)OC(=O)C(C)NP(=S)(OCC1OC(n2cnc3c(N)nc(N)nc32)C(Cl)C1(O)F)Oc1ccccc1. The van der Waals surface area contributed by atoms with Gasteiger partial charge in [-0.2, -0.15) is 9.97 Å². The lowest BCUT2D eigenvalue weighted by Crippen LogP contribution is -2.43. The summed E-state index contributed by atoms with van der Waals surface area (Å²) < 4.78 is 39.5. The van der Waals surface area contributed by atoms with Gasteiger partial charge in [0.15, 0.2) is 17.7 Å². The number of rotatable bonds is 10. The Bertz CT molecular complexity index is 1380. The number of aromatic nitrogens is 4. The predicted octanol–water partition coefficient (Wildman–Crippen LogP) is 2.40. The maximum atomic E-state index is 15.6. The molecule has 0 aliphatic carbocycles. The molecule has 3 aromatic rings. The van der Waals surface area contributed by atoms with Crippen LogP contribution in [0.3, 0.4) is 0 Å². The molecule has 17 heteroatoms. The molecule has 0 spiro atoms. The number of benzene rings is 1. The van der Waals surface area contributed by atoms with Crippen LogP contribution in [0.1, 0.15) is 27.0 Å². The van der Waals surface area contributed by atoms with E-state index in [0.29, 0.717) is 5.75 Å². The van der Waals surface area contributed by atoms with Gasteiger partial charge >= 0.3 is 12.6 Å². The zero-order valence-corrected chi connectivity index (χ0v) is 23.6. The van der Waals surface area contributed by atoms with Gasteiger partial charge in [0.05, 0.1) is 19.0 Å². The number of halogens is 2. The molecule has 1 fully saturated rings. The fraction of sp³-hybridized carbons (Fsp3) is 0.455. The first-order valence-corrected chi connectivity index (χ1v) is 14.8. The average Bonchev–Trinajstić information content (AvgIpc) is 3.36. The number of nitrogens with one attached hydrogen (secondary N) is 1. The Hall–Kier alpha value is -2.65. The Balaban J connectivity index is 1.56. The first kappa shape index (κ1) is 29.3. The van der Waals surface area contributed by atoms with Crippen molar-refractivity contribution in [1.82, 2.24) is 24.6 Å². The summed E-state index contributed by atoms with van der Waals surface area (Å²) in [4.78, 5) is 24.4. The highest BCUT2D eigenvalue weighted by atomic mass is 35.5. The Morgan fingerprint density at radius 1 is 1.33 bits per heavy atom. The Kier molecular flexibility index (Phi) is 8.61. The second-order valence-electron chi connectivity index (χ2n) is 8.97. The second-order valence-corrected chi connectivity index (χ2v) is 12.6. The van der Waals surface area contributed by atoms with Gasteiger partial charge in [-0.25, -0.2) is 14.5 Å². The zero-order chi connectivity index (χ0) is 28.5. The molecule has 2 aromatic heterocycles. The molecule has 4 rings (SSSR count). The molecule has 39 heavy (non-hydrogen) atoms. The van der Waals surface area contributed by atoms with Gasteiger partial charge in [0.1, 0.15) is 28.8 Å². The van der Waals surface area contributed by atoms with E-state index in [-0.39, 0.29) is 29.0 Å². The van der Waals surface area contributed by atoms with Crippen LogP contribution in [-0.2, 0) is 30.6 Å². The number of imidazole rings is 1. The molecule has 3 heterocycles. The molecule has 1 saturated heterocycles. The number of ether oxygens (including phenoxy) is 2. The van der Waals surface area contributed by atoms with E-state index in [9.17, 15) is 9.90 Å². The molecular weight excluding hydrogens is 576 g/mol. The number of para-hydroxylation sites is 1. The summed E-state index contributed by atoms with van der Waals surface area (Å²) >= 11 is 11.9. The van der Waals surface area contributed by atoms with Crippen molar-refractivity contribution in [2.75, 3.05) is 18.1 Å². The van der Waals surface area contributed by atoms with Gasteiger partial charge in [0.25, 0.3) is 5.85 Å². The van der Waals surface area contributed by atoms with Crippen LogP contribution < -0.4 is 21.1 Å². The molecule has 13 nitrogen and oxygen atoms in total. The summed E-state index contributed by atoms with van der Waals surface area (Å²) in [5.41, 5.74) is 11.9. The van der Waals surface area contributed by atoms with Crippen molar-refractivity contribution in [2.45, 2.75) is 56.5 Å². The number of nitrogens with two attached hydrogens (primary N) is 2. The first-order valence-electron chi connectivity index (χ1n) is 11.7. The van der Waals surface area contributed by atoms with Crippen LogP contribution in [0.15, 0.2) is 36.7 Å². The van der Waals surface area contributed by atoms with E-state index in [1.807, 2.05) is 0 Å². The van der Waals surface area contributed by atoms with Crippen molar-refractivity contribution < 1.29 is 32.8 Å². The zero-order valence-electron chi connectivity index (χ0n) is 21.1.